The number of nitrogens with zero attached hydrogens (tertiary/aromatic N) is 2. The molecule has 0 bridgehead atoms. The lowest BCUT2D eigenvalue weighted by molar-refractivity contribution is 0.682. The Bertz CT molecular complexity index is 1270. The second-order valence-corrected chi connectivity index (χ2v) is 7.93. The van der Waals surface area contributed by atoms with Gasteiger partial charge in [0.15, 0.2) is 0 Å². The molecule has 1 aromatic heterocycles. The van der Waals surface area contributed by atoms with E-state index in [2.05, 4.69) is 30.1 Å². The molecule has 4 nitrogen and oxygen atoms in total. The normalized spacial score (nSPS) is 14.7. The summed E-state index contributed by atoms with van der Waals surface area (Å²) in [6, 6.07) is 17.6. The molecule has 0 aliphatic heterocycles. The fraction of sp³-hybridized carbons (Fsp3) is 0. The number of hydrogen-bond donors (Lipinski definition) is 1. The summed E-state index contributed by atoms with van der Waals surface area (Å²) in [5.74, 6) is 3.54. The number of nitrogens with two attached hydrogens (primary N) is 1. The summed E-state index contributed by atoms with van der Waals surface area (Å²) >= 11 is 0. The first-order valence-corrected chi connectivity index (χ1v) is 9.31. The third-order valence-electron chi connectivity index (χ3n) is 4.45. The quantitative estimate of drug-likeness (QED) is 0.479. The first kappa shape index (κ1) is 13.7. The number of aromatic nitrogens is 2. The Hall–Kier alpha value is -2.76. The van der Waals surface area contributed by atoms with Gasteiger partial charge in [-0.2, -0.15) is 0 Å². The Labute approximate surface area is 139 Å². The molecule has 2 N–H and O–H groups in total. The van der Waals surface area contributed by atoms with Gasteiger partial charge in [-0.15, -0.1) is 0 Å². The Kier molecular flexibility index (Phi) is 2.51. The van der Waals surface area contributed by atoms with Crippen LogP contribution in [0.2, 0.25) is 0 Å². The Morgan fingerprint density at radius 3 is 2.12 bits per heavy atom. The Balaban J connectivity index is 1.89. The number of fused-ring (bicyclic) bond motifs is 4. The van der Waals surface area contributed by atoms with E-state index in [0.29, 0.717) is 10.4 Å². The monoisotopic (exact) mass is 331 g/mol. The van der Waals surface area contributed by atoms with Crippen LogP contribution in [0.1, 0.15) is 0 Å². The van der Waals surface area contributed by atoms with E-state index in [-0.39, 0.29) is 0 Å². The maximum Gasteiger partial charge on any atom is 0.0979 e. The van der Waals surface area contributed by atoms with Crippen molar-refractivity contribution in [2.45, 2.75) is 4.90 Å². The zero-order valence-electron chi connectivity index (χ0n) is 12.7. The molecule has 0 fully saturated rings. The molecule has 3 aromatic carbocycles. The van der Waals surface area contributed by atoms with Gasteiger partial charge in [0.05, 0.1) is 32.1 Å². The third-order valence-corrected chi connectivity index (χ3v) is 5.50. The molecule has 1 atom stereocenters. The van der Waals surface area contributed by atoms with Crippen LogP contribution >= 0.6 is 0 Å². The van der Waals surface area contributed by atoms with Crippen molar-refractivity contribution in [1.82, 2.24) is 9.97 Å². The molecular weight excluding hydrogens is 318 g/mol. The van der Waals surface area contributed by atoms with Gasteiger partial charge in [0.2, 0.25) is 0 Å². The van der Waals surface area contributed by atoms with E-state index in [1.807, 2.05) is 12.1 Å². The summed E-state index contributed by atoms with van der Waals surface area (Å²) in [7, 11) is -2.77. The SMILES string of the molecule is C=S(N)(=O)c1ccc2nc3c(nc2c1)-c1cccc2cccc-3c12. The minimum absolute atomic E-state index is 0.484. The van der Waals surface area contributed by atoms with Crippen molar-refractivity contribution in [1.29, 1.82) is 0 Å². The van der Waals surface area contributed by atoms with Crippen LogP contribution in [-0.4, -0.2) is 20.0 Å². The number of benzene rings is 3. The molecular formula is C19H13N3OS. The van der Waals surface area contributed by atoms with E-state index in [4.69, 9.17) is 15.1 Å². The van der Waals surface area contributed by atoms with Gasteiger partial charge < -0.3 is 0 Å². The van der Waals surface area contributed by atoms with Crippen LogP contribution in [0.3, 0.4) is 0 Å². The fourth-order valence-electron chi connectivity index (χ4n) is 3.36. The third kappa shape index (κ3) is 1.76. The van der Waals surface area contributed by atoms with E-state index in [9.17, 15) is 4.21 Å². The van der Waals surface area contributed by atoms with Gasteiger partial charge >= 0.3 is 0 Å². The van der Waals surface area contributed by atoms with Gasteiger partial charge in [-0.1, -0.05) is 36.4 Å². The lowest BCUT2D eigenvalue weighted by Crippen LogP contribution is -2.11. The minimum atomic E-state index is -2.77. The maximum absolute atomic E-state index is 12.0. The molecule has 1 aliphatic carbocycles. The molecule has 0 radical (unpaired) electrons. The predicted molar refractivity (Wildman–Crippen MR) is 99.2 cm³/mol. The molecule has 1 unspecified atom stereocenters. The van der Waals surface area contributed by atoms with Gasteiger partial charge in [0.1, 0.15) is 0 Å². The second kappa shape index (κ2) is 4.41. The highest BCUT2D eigenvalue weighted by molar-refractivity contribution is 7.98. The highest BCUT2D eigenvalue weighted by atomic mass is 32.2. The zero-order chi connectivity index (χ0) is 16.5. The zero-order valence-corrected chi connectivity index (χ0v) is 13.5. The van der Waals surface area contributed by atoms with Gasteiger partial charge in [0, 0.05) is 21.4 Å². The van der Waals surface area contributed by atoms with Crippen LogP contribution in [0.15, 0.2) is 59.5 Å². The summed E-state index contributed by atoms with van der Waals surface area (Å²) in [6.07, 6.45) is 0. The lowest BCUT2D eigenvalue weighted by Gasteiger charge is -2.07. The van der Waals surface area contributed by atoms with Crippen molar-refractivity contribution < 1.29 is 4.21 Å². The predicted octanol–water partition coefficient (Wildman–Crippen LogP) is 3.38. The molecule has 0 spiro atoms. The molecule has 5 rings (SSSR count). The molecule has 116 valence electrons. The summed E-state index contributed by atoms with van der Waals surface area (Å²) in [5.41, 5.74) is 5.38. The van der Waals surface area contributed by atoms with E-state index >= 15 is 0 Å². The van der Waals surface area contributed by atoms with Crippen LogP contribution in [0.4, 0.5) is 0 Å². The van der Waals surface area contributed by atoms with E-state index < -0.39 is 9.71 Å². The van der Waals surface area contributed by atoms with Crippen molar-refractivity contribution in [2.24, 2.45) is 5.14 Å². The number of hydrogen-bond acceptors (Lipinski definition) is 3. The smallest absolute Gasteiger partial charge is 0.0979 e. The Morgan fingerprint density at radius 2 is 1.50 bits per heavy atom. The van der Waals surface area contributed by atoms with E-state index in [1.54, 1.807) is 18.2 Å². The average molecular weight is 331 g/mol. The van der Waals surface area contributed by atoms with Crippen molar-refractivity contribution in [3.05, 3.63) is 54.6 Å². The largest absolute Gasteiger partial charge is 0.256 e. The molecule has 4 aromatic rings. The molecule has 0 saturated carbocycles. The standard InChI is InChI=1S/C19H13N3OS/c1-24(20,23)12-8-9-15-16(10-12)22-19-14-7-3-5-11-4-2-6-13(17(11)14)18(19)21-15/h2-10H,1H2,(H2,20,23). The lowest BCUT2D eigenvalue weighted by atomic mass is 10.0. The average Bonchev–Trinajstić information content (AvgIpc) is 2.88. The number of rotatable bonds is 1. The van der Waals surface area contributed by atoms with Crippen molar-refractivity contribution in [2.75, 3.05) is 0 Å². The van der Waals surface area contributed by atoms with Gasteiger partial charge in [-0.25, -0.2) is 14.2 Å². The molecule has 24 heavy (non-hydrogen) atoms. The first-order valence-electron chi connectivity index (χ1n) is 7.52. The van der Waals surface area contributed by atoms with E-state index in [1.165, 1.54) is 10.8 Å². The first-order chi connectivity index (χ1) is 11.5. The molecule has 1 aliphatic rings. The van der Waals surface area contributed by atoms with Crippen molar-refractivity contribution in [3.8, 4) is 22.5 Å². The van der Waals surface area contributed by atoms with Crippen LogP contribution < -0.4 is 5.14 Å². The summed E-state index contributed by atoms with van der Waals surface area (Å²) in [6.45, 7) is 0. The summed E-state index contributed by atoms with van der Waals surface area (Å²) in [5, 5.41) is 8.02. The topological polar surface area (TPSA) is 68.9 Å². The highest BCUT2D eigenvalue weighted by Gasteiger charge is 2.24. The maximum atomic E-state index is 12.0. The van der Waals surface area contributed by atoms with Crippen molar-refractivity contribution >= 4 is 37.4 Å². The van der Waals surface area contributed by atoms with Crippen LogP contribution in [0, 0.1) is 0 Å². The molecule has 5 heteroatoms. The minimum Gasteiger partial charge on any atom is -0.256 e. The van der Waals surface area contributed by atoms with Crippen LogP contribution in [0.25, 0.3) is 44.3 Å². The van der Waals surface area contributed by atoms with Crippen LogP contribution in [-0.2, 0) is 9.71 Å². The summed E-state index contributed by atoms with van der Waals surface area (Å²) < 4.78 is 12.0. The molecule has 1 heterocycles. The summed E-state index contributed by atoms with van der Waals surface area (Å²) in [4.78, 5) is 10.1. The molecule has 0 amide bonds. The van der Waals surface area contributed by atoms with E-state index in [0.717, 1.165) is 28.0 Å². The molecule has 0 saturated heterocycles. The van der Waals surface area contributed by atoms with Gasteiger partial charge in [-0.05, 0) is 29.5 Å². The fourth-order valence-corrected chi connectivity index (χ4v) is 3.97. The van der Waals surface area contributed by atoms with Gasteiger partial charge in [0.25, 0.3) is 0 Å². The van der Waals surface area contributed by atoms with Crippen LogP contribution in [0.5, 0.6) is 0 Å². The van der Waals surface area contributed by atoms with Gasteiger partial charge in [-0.3, -0.25) is 5.14 Å². The second-order valence-electron chi connectivity index (χ2n) is 6.01. The highest BCUT2D eigenvalue weighted by Crippen LogP contribution is 2.45. The Morgan fingerprint density at radius 1 is 0.875 bits per heavy atom. The van der Waals surface area contributed by atoms with Crippen molar-refractivity contribution in [3.63, 3.8) is 0 Å².